The minimum Gasteiger partial charge on any atom is -0.543 e. The molecule has 16 nitrogen and oxygen atoms in total. The Bertz CT molecular complexity index is 1790. The Balaban J connectivity index is 1.39. The lowest BCUT2D eigenvalue weighted by atomic mass is 10.0. The van der Waals surface area contributed by atoms with Crippen molar-refractivity contribution in [2.24, 2.45) is 5.16 Å². The number of thioether (sulfide) groups is 1. The minimum atomic E-state index is -1.58. The molecule has 0 aromatic carbocycles. The average molecular weight is 664 g/mol. The fraction of sp³-hybridized carbons (Fsp3) is 0.280. The third-order valence-corrected chi connectivity index (χ3v) is 9.12. The predicted octanol–water partition coefficient (Wildman–Crippen LogP) is -0.997. The van der Waals surface area contributed by atoms with Crippen molar-refractivity contribution in [3.63, 3.8) is 0 Å². The Hall–Kier alpha value is -4.68. The van der Waals surface area contributed by atoms with E-state index in [1.807, 2.05) is 0 Å². The number of pyridine rings is 1. The van der Waals surface area contributed by atoms with Gasteiger partial charge in [0.25, 0.3) is 11.8 Å². The minimum absolute atomic E-state index is 0.00575. The van der Waals surface area contributed by atoms with Crippen LogP contribution >= 0.6 is 34.7 Å². The van der Waals surface area contributed by atoms with Crippen LogP contribution in [0.3, 0.4) is 0 Å². The molecule has 3 aromatic rings. The molecule has 5 heterocycles. The van der Waals surface area contributed by atoms with E-state index in [1.165, 1.54) is 23.3 Å². The molecular formula is C25H22ClN7O9S2. The molecule has 19 heteroatoms. The fourth-order valence-electron chi connectivity index (χ4n) is 4.68. The number of nitrogens with one attached hydrogen (secondary N) is 1. The third-order valence-electron chi connectivity index (χ3n) is 6.70. The number of hydrogen-bond acceptors (Lipinski definition) is 12. The highest BCUT2D eigenvalue weighted by molar-refractivity contribution is 8.00. The van der Waals surface area contributed by atoms with Crippen LogP contribution in [0.4, 0.5) is 5.13 Å². The molecule has 0 unspecified atom stereocenters. The first-order valence-electron chi connectivity index (χ1n) is 12.6. The van der Waals surface area contributed by atoms with Gasteiger partial charge in [-0.1, -0.05) is 28.1 Å². The van der Waals surface area contributed by atoms with Gasteiger partial charge in [0, 0.05) is 29.7 Å². The van der Waals surface area contributed by atoms with Gasteiger partial charge in [0.2, 0.25) is 11.6 Å². The molecule has 2 aliphatic heterocycles. The molecule has 44 heavy (non-hydrogen) atoms. The van der Waals surface area contributed by atoms with Crippen molar-refractivity contribution < 1.29 is 48.7 Å². The van der Waals surface area contributed by atoms with Gasteiger partial charge in [0.05, 0.1) is 11.7 Å². The van der Waals surface area contributed by atoms with Gasteiger partial charge < -0.3 is 40.6 Å². The van der Waals surface area contributed by atoms with Crippen LogP contribution in [0.2, 0.25) is 4.34 Å². The van der Waals surface area contributed by atoms with E-state index >= 15 is 0 Å². The van der Waals surface area contributed by atoms with Crippen molar-refractivity contribution in [3.8, 4) is 0 Å². The third kappa shape index (κ3) is 5.78. The maximum absolute atomic E-state index is 13.3. The quantitative estimate of drug-likeness (QED) is 0.0837. The number of thiazole rings is 1. The number of hydrogen-bond donors (Lipinski definition) is 4. The number of oxime groups is 1. The molecule has 0 bridgehead atoms. The Kier molecular flexibility index (Phi) is 8.49. The molecule has 0 spiro atoms. The summed E-state index contributed by atoms with van der Waals surface area (Å²) < 4.78 is 3.24. The van der Waals surface area contributed by atoms with Gasteiger partial charge in [-0.2, -0.15) is 4.57 Å². The van der Waals surface area contributed by atoms with Gasteiger partial charge >= 0.3 is 11.9 Å². The molecular weight excluding hydrogens is 642 g/mol. The Morgan fingerprint density at radius 2 is 2.09 bits per heavy atom. The lowest BCUT2D eigenvalue weighted by Crippen LogP contribution is -2.71. The maximum atomic E-state index is 13.3. The van der Waals surface area contributed by atoms with Crippen LogP contribution in [0.1, 0.15) is 12.6 Å². The topological polar surface area (TPSA) is 233 Å². The number of nitrogens with zero attached hydrogens (tertiary/aromatic N) is 5. The van der Waals surface area contributed by atoms with Crippen LogP contribution in [-0.2, 0) is 41.9 Å². The highest BCUT2D eigenvalue weighted by Gasteiger charge is 2.53. The SMILES string of the molecule is C[C@H](O/N=C(\C(=O)N[C@@H]1C(=O)N2C(C(=O)[O-])=C(C[n+]3cccc4c3ccn4CC(=O)O)CS[C@H]12)c1nc(N)sc1Cl)C(=O)O. The van der Waals surface area contributed by atoms with Crippen molar-refractivity contribution in [1.82, 2.24) is 19.8 Å². The second-order valence-electron chi connectivity index (χ2n) is 9.54. The van der Waals surface area contributed by atoms with Crippen molar-refractivity contribution in [2.75, 3.05) is 11.5 Å². The number of aromatic nitrogens is 3. The van der Waals surface area contributed by atoms with Crippen LogP contribution < -0.4 is 20.7 Å². The zero-order chi connectivity index (χ0) is 31.9. The number of carbonyl (C=O) groups excluding carboxylic acids is 3. The van der Waals surface area contributed by atoms with E-state index in [2.05, 4.69) is 15.5 Å². The first kappa shape index (κ1) is 30.8. The summed E-state index contributed by atoms with van der Waals surface area (Å²) in [4.78, 5) is 71.1. The van der Waals surface area contributed by atoms with Crippen molar-refractivity contribution in [2.45, 2.75) is 37.5 Å². The molecule has 3 aromatic heterocycles. The highest BCUT2D eigenvalue weighted by Crippen LogP contribution is 2.40. The van der Waals surface area contributed by atoms with Gasteiger partial charge in [-0.05, 0) is 13.0 Å². The summed E-state index contributed by atoms with van der Waals surface area (Å²) in [7, 11) is 0. The number of fused-ring (bicyclic) bond motifs is 2. The molecule has 2 amide bonds. The second-order valence-corrected chi connectivity index (χ2v) is 12.3. The fourth-order valence-corrected chi connectivity index (χ4v) is 6.94. The molecule has 0 aliphatic carbocycles. The molecule has 0 radical (unpaired) electrons. The molecule has 0 saturated carbocycles. The van der Waals surface area contributed by atoms with Crippen LogP contribution in [0.25, 0.3) is 11.0 Å². The van der Waals surface area contributed by atoms with E-state index < -0.39 is 53.0 Å². The maximum Gasteiger partial charge on any atom is 0.347 e. The number of carbonyl (C=O) groups is 5. The Morgan fingerprint density at radius 3 is 2.73 bits per heavy atom. The van der Waals surface area contributed by atoms with Gasteiger partial charge in [-0.3, -0.25) is 19.3 Å². The summed E-state index contributed by atoms with van der Waals surface area (Å²) in [6, 6.07) is 3.96. The number of β-lactam (4-membered cyclic amide) rings is 1. The first-order chi connectivity index (χ1) is 20.9. The Morgan fingerprint density at radius 1 is 1.34 bits per heavy atom. The molecule has 5 N–H and O–H groups in total. The number of amides is 2. The smallest absolute Gasteiger partial charge is 0.347 e. The average Bonchev–Trinajstić information content (AvgIpc) is 3.52. The number of anilines is 1. The number of halogens is 1. The van der Waals surface area contributed by atoms with Crippen LogP contribution in [-0.4, -0.2) is 83.4 Å². The lowest BCUT2D eigenvalue weighted by Gasteiger charge is -2.50. The normalized spacial score (nSPS) is 18.9. The molecule has 5 rings (SSSR count). The largest absolute Gasteiger partial charge is 0.543 e. The number of rotatable bonds is 11. The zero-order valence-electron chi connectivity index (χ0n) is 22.5. The molecule has 1 saturated heterocycles. The summed E-state index contributed by atoms with van der Waals surface area (Å²) in [5.41, 5.74) is 6.27. The van der Waals surface area contributed by atoms with E-state index in [0.717, 1.165) is 16.2 Å². The van der Waals surface area contributed by atoms with Gasteiger partial charge in [-0.15, -0.1) is 11.8 Å². The van der Waals surface area contributed by atoms with E-state index in [9.17, 15) is 34.2 Å². The summed E-state index contributed by atoms with van der Waals surface area (Å²) in [5.74, 6) is -5.50. The summed E-state index contributed by atoms with van der Waals surface area (Å²) in [6.07, 6.45) is 1.88. The van der Waals surface area contributed by atoms with Crippen LogP contribution in [0.5, 0.6) is 0 Å². The van der Waals surface area contributed by atoms with Crippen molar-refractivity contribution >= 4 is 86.3 Å². The molecule has 230 valence electrons. The van der Waals surface area contributed by atoms with Gasteiger partial charge in [0.15, 0.2) is 23.6 Å². The molecule has 1 fully saturated rings. The van der Waals surface area contributed by atoms with E-state index in [-0.39, 0.29) is 39.7 Å². The zero-order valence-corrected chi connectivity index (χ0v) is 24.9. The summed E-state index contributed by atoms with van der Waals surface area (Å²) in [6.45, 7) is 0.991. The number of aliphatic carboxylic acids is 3. The van der Waals surface area contributed by atoms with E-state index in [0.29, 0.717) is 16.6 Å². The molecule has 3 atom stereocenters. The predicted molar refractivity (Wildman–Crippen MR) is 153 cm³/mol. The van der Waals surface area contributed by atoms with Crippen molar-refractivity contribution in [3.05, 3.63) is 51.9 Å². The van der Waals surface area contributed by atoms with Gasteiger partial charge in [0.1, 0.15) is 33.5 Å². The molecule has 2 aliphatic rings. The Labute approximate surface area is 260 Å². The summed E-state index contributed by atoms with van der Waals surface area (Å²) in [5, 5.41) is 35.9. The monoisotopic (exact) mass is 663 g/mol. The second kappa shape index (κ2) is 12.1. The summed E-state index contributed by atoms with van der Waals surface area (Å²) >= 11 is 8.18. The lowest BCUT2D eigenvalue weighted by molar-refractivity contribution is -0.663. The first-order valence-corrected chi connectivity index (χ1v) is 14.9. The van der Waals surface area contributed by atoms with Crippen LogP contribution in [0.15, 0.2) is 47.0 Å². The van der Waals surface area contributed by atoms with E-state index in [4.69, 9.17) is 27.3 Å². The van der Waals surface area contributed by atoms with Crippen molar-refractivity contribution in [1.29, 1.82) is 0 Å². The van der Waals surface area contributed by atoms with Crippen LogP contribution in [0, 0.1) is 0 Å². The van der Waals surface area contributed by atoms with Gasteiger partial charge in [-0.25, -0.2) is 9.78 Å². The standard InChI is InChI=1S/C25H22ClN7O9S2/c1-10(23(38)39)42-30-16(15-19(26)44-25(27)29-15)20(36)28-17-21(37)33-18(24(40)41)11(9-43-22(17)33)7-31-5-2-3-12-13(31)4-6-32(12)8-14(34)35/h2-6,10,17,22H,7-9H2,1H3,(H5-,27,28,29,34,35,36,38,39,40,41)/b30-16-/t10-,17+,22+/m0/s1. The van der Waals surface area contributed by atoms with E-state index in [1.54, 1.807) is 35.2 Å². The number of nitrogen functional groups attached to an aromatic ring is 1. The highest BCUT2D eigenvalue weighted by atomic mass is 35.5. The number of carboxylic acids is 3. The number of carboxylic acid groups (broad SMARTS) is 3. The number of nitrogens with two attached hydrogens (primary N) is 1.